The molecule has 3 rings (SSSR count). The van der Waals surface area contributed by atoms with Gasteiger partial charge in [0.25, 0.3) is 0 Å². The van der Waals surface area contributed by atoms with E-state index in [0.717, 1.165) is 31.7 Å². The zero-order chi connectivity index (χ0) is 12.7. The number of hydrogen-bond donors (Lipinski definition) is 2. The molecule has 1 aliphatic rings. The summed E-state index contributed by atoms with van der Waals surface area (Å²) in [5, 5.41) is 15.9. The summed E-state index contributed by atoms with van der Waals surface area (Å²) in [6.45, 7) is 3.34. The van der Waals surface area contributed by atoms with E-state index in [1.165, 1.54) is 4.40 Å². The van der Waals surface area contributed by atoms with Gasteiger partial charge in [0.1, 0.15) is 11.6 Å². The van der Waals surface area contributed by atoms with E-state index in [1.807, 2.05) is 0 Å². The number of piperidine rings is 1. The summed E-state index contributed by atoms with van der Waals surface area (Å²) < 4.78 is 1.45. The van der Waals surface area contributed by atoms with Crippen LogP contribution in [0.2, 0.25) is 0 Å². The Morgan fingerprint density at radius 3 is 2.89 bits per heavy atom. The fraction of sp³-hybridized carbons (Fsp3) is 0.545. The molecule has 0 radical (unpaired) electrons. The molecule has 1 aliphatic heterocycles. The van der Waals surface area contributed by atoms with Gasteiger partial charge in [-0.15, -0.1) is 0 Å². The lowest BCUT2D eigenvalue weighted by molar-refractivity contribution is 0.145. The number of aliphatic hydroxyl groups is 1. The van der Waals surface area contributed by atoms with Gasteiger partial charge in [-0.3, -0.25) is 0 Å². The number of hydrogen-bond acceptors (Lipinski definition) is 5. The normalized spacial score (nSPS) is 17.6. The summed E-state index contributed by atoms with van der Waals surface area (Å²) in [5.41, 5.74) is 0.309. The molecule has 0 unspecified atom stereocenters. The van der Waals surface area contributed by atoms with Crippen LogP contribution in [-0.4, -0.2) is 43.9 Å². The molecule has 0 amide bonds. The standard InChI is InChI=1S/C11H15N5O2/c1-7-12-9(15-4-2-8(17)3-5-15)6-10-13-14-11(18)16(7)10/h6,8,17H,2-5H2,1H3,(H,14,18). The van der Waals surface area contributed by atoms with Crippen LogP contribution in [0, 0.1) is 6.92 Å². The number of aromatic nitrogens is 4. The van der Waals surface area contributed by atoms with Crippen LogP contribution in [0.5, 0.6) is 0 Å². The second-order valence-corrected chi connectivity index (χ2v) is 4.60. The summed E-state index contributed by atoms with van der Waals surface area (Å²) in [6.07, 6.45) is 1.29. The van der Waals surface area contributed by atoms with Gasteiger partial charge in [-0.25, -0.2) is 19.3 Å². The molecule has 0 atom stereocenters. The molecule has 18 heavy (non-hydrogen) atoms. The first kappa shape index (κ1) is 11.2. The molecule has 0 spiro atoms. The van der Waals surface area contributed by atoms with E-state index in [9.17, 15) is 9.90 Å². The molecule has 2 aromatic heterocycles. The van der Waals surface area contributed by atoms with E-state index in [2.05, 4.69) is 20.1 Å². The highest BCUT2D eigenvalue weighted by atomic mass is 16.3. The van der Waals surface area contributed by atoms with Crippen molar-refractivity contribution in [3.05, 3.63) is 22.4 Å². The quantitative estimate of drug-likeness (QED) is 0.724. The number of aromatic amines is 1. The Bertz CT molecular complexity index is 624. The SMILES string of the molecule is Cc1nc(N2CCC(O)CC2)cc2n[nH]c(=O)n12. The van der Waals surface area contributed by atoms with E-state index in [-0.39, 0.29) is 11.8 Å². The average Bonchev–Trinajstić information content (AvgIpc) is 2.72. The molecule has 7 nitrogen and oxygen atoms in total. The van der Waals surface area contributed by atoms with Gasteiger partial charge >= 0.3 is 5.69 Å². The number of aliphatic hydroxyl groups excluding tert-OH is 1. The average molecular weight is 249 g/mol. The summed E-state index contributed by atoms with van der Waals surface area (Å²) in [5.74, 6) is 1.43. The van der Waals surface area contributed by atoms with Gasteiger partial charge in [-0.1, -0.05) is 0 Å². The minimum Gasteiger partial charge on any atom is -0.393 e. The van der Waals surface area contributed by atoms with Gasteiger partial charge in [0.15, 0.2) is 5.65 Å². The van der Waals surface area contributed by atoms with Gasteiger partial charge in [-0.2, -0.15) is 5.10 Å². The van der Waals surface area contributed by atoms with Crippen LogP contribution in [0.3, 0.4) is 0 Å². The van der Waals surface area contributed by atoms with Crippen molar-refractivity contribution in [2.24, 2.45) is 0 Å². The van der Waals surface area contributed by atoms with Crippen LogP contribution >= 0.6 is 0 Å². The van der Waals surface area contributed by atoms with Gasteiger partial charge < -0.3 is 10.0 Å². The van der Waals surface area contributed by atoms with Gasteiger partial charge in [0.2, 0.25) is 0 Å². The van der Waals surface area contributed by atoms with E-state index in [1.54, 1.807) is 13.0 Å². The van der Waals surface area contributed by atoms with Crippen molar-refractivity contribution < 1.29 is 5.11 Å². The lowest BCUT2D eigenvalue weighted by Gasteiger charge is -2.30. The molecular weight excluding hydrogens is 234 g/mol. The molecule has 0 aliphatic carbocycles. The highest BCUT2D eigenvalue weighted by Gasteiger charge is 2.19. The van der Waals surface area contributed by atoms with Crippen LogP contribution in [0.25, 0.3) is 5.65 Å². The number of H-pyrrole nitrogens is 1. The van der Waals surface area contributed by atoms with Crippen molar-refractivity contribution in [1.82, 2.24) is 19.6 Å². The molecule has 7 heteroatoms. The third-order valence-electron chi connectivity index (χ3n) is 3.34. The number of rotatable bonds is 1. The van der Waals surface area contributed by atoms with Crippen molar-refractivity contribution in [1.29, 1.82) is 0 Å². The Balaban J connectivity index is 2.00. The molecule has 1 fully saturated rings. The maximum Gasteiger partial charge on any atom is 0.349 e. The molecule has 0 bridgehead atoms. The minimum absolute atomic E-state index is 0.209. The molecule has 2 aromatic rings. The third kappa shape index (κ3) is 1.76. The predicted octanol–water partition coefficient (Wildman–Crippen LogP) is -0.313. The fourth-order valence-electron chi connectivity index (χ4n) is 2.34. The molecule has 0 saturated carbocycles. The molecule has 96 valence electrons. The number of nitrogens with one attached hydrogen (secondary N) is 1. The number of fused-ring (bicyclic) bond motifs is 1. The van der Waals surface area contributed by atoms with Crippen molar-refractivity contribution >= 4 is 11.5 Å². The Kier molecular flexibility index (Phi) is 2.55. The van der Waals surface area contributed by atoms with Gasteiger partial charge in [-0.05, 0) is 19.8 Å². The molecule has 2 N–H and O–H groups in total. The van der Waals surface area contributed by atoms with Crippen LogP contribution in [0.1, 0.15) is 18.7 Å². The van der Waals surface area contributed by atoms with Crippen LogP contribution < -0.4 is 10.6 Å². The maximum atomic E-state index is 11.5. The smallest absolute Gasteiger partial charge is 0.349 e. The molecule has 0 aromatic carbocycles. The first-order chi connectivity index (χ1) is 8.65. The Morgan fingerprint density at radius 1 is 1.44 bits per heavy atom. The Hall–Kier alpha value is -1.89. The summed E-state index contributed by atoms with van der Waals surface area (Å²) in [4.78, 5) is 18.0. The lowest BCUT2D eigenvalue weighted by Crippen LogP contribution is -2.36. The van der Waals surface area contributed by atoms with Crippen molar-refractivity contribution in [3.63, 3.8) is 0 Å². The number of aryl methyl sites for hydroxylation is 1. The van der Waals surface area contributed by atoms with Crippen molar-refractivity contribution in [3.8, 4) is 0 Å². The van der Waals surface area contributed by atoms with E-state index in [4.69, 9.17) is 0 Å². The minimum atomic E-state index is -0.268. The summed E-state index contributed by atoms with van der Waals surface area (Å²) in [7, 11) is 0. The van der Waals surface area contributed by atoms with Crippen LogP contribution in [-0.2, 0) is 0 Å². The van der Waals surface area contributed by atoms with Crippen LogP contribution in [0.4, 0.5) is 5.82 Å². The summed E-state index contributed by atoms with van der Waals surface area (Å²) >= 11 is 0. The number of anilines is 1. The number of nitrogens with zero attached hydrogens (tertiary/aromatic N) is 4. The predicted molar refractivity (Wildman–Crippen MR) is 65.8 cm³/mol. The Morgan fingerprint density at radius 2 is 2.17 bits per heavy atom. The first-order valence-corrected chi connectivity index (χ1v) is 6.03. The fourth-order valence-corrected chi connectivity index (χ4v) is 2.34. The lowest BCUT2D eigenvalue weighted by atomic mass is 10.1. The van der Waals surface area contributed by atoms with E-state index in [0.29, 0.717) is 11.5 Å². The van der Waals surface area contributed by atoms with E-state index < -0.39 is 0 Å². The monoisotopic (exact) mass is 249 g/mol. The summed E-state index contributed by atoms with van der Waals surface area (Å²) in [6, 6.07) is 1.79. The van der Waals surface area contributed by atoms with Gasteiger partial charge in [0.05, 0.1) is 6.10 Å². The third-order valence-corrected chi connectivity index (χ3v) is 3.34. The Labute approximate surface area is 103 Å². The van der Waals surface area contributed by atoms with Crippen LogP contribution in [0.15, 0.2) is 10.9 Å². The largest absolute Gasteiger partial charge is 0.393 e. The molecular formula is C11H15N5O2. The van der Waals surface area contributed by atoms with Crippen molar-refractivity contribution in [2.75, 3.05) is 18.0 Å². The zero-order valence-corrected chi connectivity index (χ0v) is 10.1. The second kappa shape index (κ2) is 4.09. The van der Waals surface area contributed by atoms with Gasteiger partial charge in [0, 0.05) is 19.2 Å². The van der Waals surface area contributed by atoms with E-state index >= 15 is 0 Å². The highest BCUT2D eigenvalue weighted by molar-refractivity contribution is 5.51. The molecule has 1 saturated heterocycles. The topological polar surface area (TPSA) is 86.5 Å². The second-order valence-electron chi connectivity index (χ2n) is 4.60. The molecule has 3 heterocycles. The first-order valence-electron chi connectivity index (χ1n) is 6.03. The van der Waals surface area contributed by atoms with Crippen molar-refractivity contribution in [2.45, 2.75) is 25.9 Å². The highest BCUT2D eigenvalue weighted by Crippen LogP contribution is 2.19. The maximum absolute atomic E-state index is 11.5. The zero-order valence-electron chi connectivity index (χ0n) is 10.1.